The van der Waals surface area contributed by atoms with Crippen molar-refractivity contribution >= 4 is 17.7 Å². The lowest BCUT2D eigenvalue weighted by Gasteiger charge is -2.00. The maximum absolute atomic E-state index is 12.0. The van der Waals surface area contributed by atoms with E-state index in [1.807, 2.05) is 64.9 Å². The molecule has 6 nitrogen and oxygen atoms in total. The van der Waals surface area contributed by atoms with Crippen molar-refractivity contribution in [2.75, 3.05) is 0 Å². The molecule has 3 aromatic heterocycles. The minimum absolute atomic E-state index is 0.136. The first-order chi connectivity index (χ1) is 13.7. The Labute approximate surface area is 162 Å². The third-order valence-electron chi connectivity index (χ3n) is 4.26. The molecule has 0 N–H and O–H groups in total. The maximum Gasteiger partial charge on any atom is 0.331 e. The molecule has 0 bridgehead atoms. The summed E-state index contributed by atoms with van der Waals surface area (Å²) in [5.74, 6) is -0.413. The van der Waals surface area contributed by atoms with Gasteiger partial charge in [-0.2, -0.15) is 5.10 Å². The van der Waals surface area contributed by atoms with E-state index in [-0.39, 0.29) is 6.61 Å². The fourth-order valence-corrected chi connectivity index (χ4v) is 2.91. The van der Waals surface area contributed by atoms with Crippen molar-refractivity contribution in [3.05, 3.63) is 95.7 Å². The number of benzene rings is 1. The average Bonchev–Trinajstić information content (AvgIpc) is 3.31. The van der Waals surface area contributed by atoms with E-state index >= 15 is 0 Å². The zero-order chi connectivity index (χ0) is 19.3. The van der Waals surface area contributed by atoms with Gasteiger partial charge in [0.2, 0.25) is 0 Å². The van der Waals surface area contributed by atoms with Crippen molar-refractivity contribution in [2.45, 2.75) is 20.1 Å². The maximum atomic E-state index is 12.0. The van der Waals surface area contributed by atoms with Crippen LogP contribution in [-0.2, 0) is 22.7 Å². The molecule has 0 fully saturated rings. The highest BCUT2D eigenvalue weighted by Gasteiger charge is 2.05. The summed E-state index contributed by atoms with van der Waals surface area (Å²) >= 11 is 0. The van der Waals surface area contributed by atoms with Crippen LogP contribution in [0.15, 0.2) is 73.3 Å². The highest BCUT2D eigenvalue weighted by Crippen LogP contribution is 2.09. The monoisotopic (exact) mass is 372 g/mol. The van der Waals surface area contributed by atoms with Gasteiger partial charge in [0.05, 0.1) is 18.4 Å². The molecule has 0 spiro atoms. The number of aromatic nitrogens is 4. The molecule has 0 aliphatic heterocycles. The Kier molecular flexibility index (Phi) is 5.01. The van der Waals surface area contributed by atoms with E-state index in [0.29, 0.717) is 12.2 Å². The third kappa shape index (κ3) is 4.35. The Bertz CT molecular complexity index is 1130. The van der Waals surface area contributed by atoms with Crippen LogP contribution in [0.1, 0.15) is 22.4 Å². The second-order valence-electron chi connectivity index (χ2n) is 6.60. The average molecular weight is 372 g/mol. The van der Waals surface area contributed by atoms with Crippen molar-refractivity contribution < 1.29 is 9.53 Å². The van der Waals surface area contributed by atoms with E-state index < -0.39 is 5.97 Å². The number of hydrogen-bond acceptors (Lipinski definition) is 4. The molecule has 0 saturated heterocycles. The standard InChI is InChI=1S/C22H20N4O2/c1-17-7-9-21-24-20(15-25(21)12-17)16-28-22(27)10-8-19-11-23-26(14-19)13-18-5-3-2-4-6-18/h2-12,14-15H,13,16H2,1H3/b10-8+. The van der Waals surface area contributed by atoms with Gasteiger partial charge in [0.25, 0.3) is 0 Å². The number of carbonyl (C=O) groups excluding carboxylic acids is 1. The second-order valence-corrected chi connectivity index (χ2v) is 6.60. The molecular weight excluding hydrogens is 352 g/mol. The van der Waals surface area contributed by atoms with Gasteiger partial charge in [-0.25, -0.2) is 9.78 Å². The highest BCUT2D eigenvalue weighted by molar-refractivity contribution is 5.86. The fourth-order valence-electron chi connectivity index (χ4n) is 2.91. The molecule has 0 amide bonds. The summed E-state index contributed by atoms with van der Waals surface area (Å²) < 4.78 is 9.04. The first kappa shape index (κ1) is 17.7. The first-order valence-electron chi connectivity index (χ1n) is 9.01. The highest BCUT2D eigenvalue weighted by atomic mass is 16.5. The number of hydrogen-bond donors (Lipinski definition) is 0. The Morgan fingerprint density at radius 2 is 1.96 bits per heavy atom. The van der Waals surface area contributed by atoms with E-state index in [2.05, 4.69) is 22.2 Å². The number of pyridine rings is 1. The largest absolute Gasteiger partial charge is 0.456 e. The zero-order valence-electron chi connectivity index (χ0n) is 15.5. The first-order valence-corrected chi connectivity index (χ1v) is 9.01. The summed E-state index contributed by atoms with van der Waals surface area (Å²) in [5.41, 5.74) is 4.70. The quantitative estimate of drug-likeness (QED) is 0.383. The van der Waals surface area contributed by atoms with Crippen molar-refractivity contribution in [1.29, 1.82) is 0 Å². The number of carbonyl (C=O) groups is 1. The molecule has 4 aromatic rings. The molecule has 1 aromatic carbocycles. The Morgan fingerprint density at radius 3 is 2.82 bits per heavy atom. The van der Waals surface area contributed by atoms with Crippen LogP contribution < -0.4 is 0 Å². The molecule has 3 heterocycles. The van der Waals surface area contributed by atoms with Crippen LogP contribution in [0.25, 0.3) is 11.7 Å². The Morgan fingerprint density at radius 1 is 1.11 bits per heavy atom. The third-order valence-corrected chi connectivity index (χ3v) is 4.26. The smallest absolute Gasteiger partial charge is 0.331 e. The summed E-state index contributed by atoms with van der Waals surface area (Å²) in [6.45, 7) is 2.84. The van der Waals surface area contributed by atoms with Crippen molar-refractivity contribution in [1.82, 2.24) is 19.2 Å². The molecule has 4 rings (SSSR count). The van der Waals surface area contributed by atoms with Crippen molar-refractivity contribution in [3.63, 3.8) is 0 Å². The number of imidazole rings is 1. The van der Waals surface area contributed by atoms with Crippen molar-refractivity contribution in [2.24, 2.45) is 0 Å². The summed E-state index contributed by atoms with van der Waals surface area (Å²) in [5, 5.41) is 4.31. The number of rotatable bonds is 6. The van der Waals surface area contributed by atoms with Gasteiger partial charge in [-0.05, 0) is 30.2 Å². The number of aryl methyl sites for hydroxylation is 1. The van der Waals surface area contributed by atoms with Crippen LogP contribution in [0.3, 0.4) is 0 Å². The van der Waals surface area contributed by atoms with Gasteiger partial charge < -0.3 is 9.14 Å². The lowest BCUT2D eigenvalue weighted by atomic mass is 10.2. The summed E-state index contributed by atoms with van der Waals surface area (Å²) in [6.07, 6.45) is 10.6. The number of ether oxygens (including phenoxy) is 1. The minimum Gasteiger partial charge on any atom is -0.456 e. The summed E-state index contributed by atoms with van der Waals surface area (Å²) in [7, 11) is 0. The molecule has 0 aliphatic rings. The minimum atomic E-state index is -0.413. The molecule has 0 aliphatic carbocycles. The van der Waals surface area contributed by atoms with Gasteiger partial charge in [0.1, 0.15) is 12.3 Å². The Hall–Kier alpha value is -3.67. The van der Waals surface area contributed by atoms with E-state index in [9.17, 15) is 4.79 Å². The zero-order valence-corrected chi connectivity index (χ0v) is 15.5. The molecule has 0 radical (unpaired) electrons. The van der Waals surface area contributed by atoms with Gasteiger partial charge >= 0.3 is 5.97 Å². The van der Waals surface area contributed by atoms with Crippen LogP contribution in [-0.4, -0.2) is 25.1 Å². The molecule has 0 atom stereocenters. The van der Waals surface area contributed by atoms with E-state index in [0.717, 1.165) is 16.8 Å². The molecule has 6 heteroatoms. The number of esters is 1. The topological polar surface area (TPSA) is 61.4 Å². The summed E-state index contributed by atoms with van der Waals surface area (Å²) in [6, 6.07) is 14.0. The predicted molar refractivity (Wildman–Crippen MR) is 107 cm³/mol. The lowest BCUT2D eigenvalue weighted by Crippen LogP contribution is -2.00. The van der Waals surface area contributed by atoms with E-state index in [4.69, 9.17) is 4.74 Å². The number of nitrogens with zero attached hydrogens (tertiary/aromatic N) is 4. The van der Waals surface area contributed by atoms with Crippen LogP contribution in [0.5, 0.6) is 0 Å². The van der Waals surface area contributed by atoms with Crippen LogP contribution in [0.2, 0.25) is 0 Å². The van der Waals surface area contributed by atoms with E-state index in [1.165, 1.54) is 11.6 Å². The number of fused-ring (bicyclic) bond motifs is 1. The van der Waals surface area contributed by atoms with Gasteiger partial charge in [0, 0.05) is 30.2 Å². The second kappa shape index (κ2) is 7.92. The van der Waals surface area contributed by atoms with Gasteiger partial charge in [-0.1, -0.05) is 36.4 Å². The molecule has 0 saturated carbocycles. The van der Waals surface area contributed by atoms with Crippen molar-refractivity contribution in [3.8, 4) is 0 Å². The lowest BCUT2D eigenvalue weighted by molar-refractivity contribution is -0.139. The molecule has 140 valence electrons. The van der Waals surface area contributed by atoms with Crippen LogP contribution in [0.4, 0.5) is 0 Å². The van der Waals surface area contributed by atoms with Crippen LogP contribution in [0, 0.1) is 6.92 Å². The normalized spacial score (nSPS) is 11.3. The SMILES string of the molecule is Cc1ccc2nc(COC(=O)/C=C/c3cnn(Cc4ccccc4)c3)cn2c1. The van der Waals surface area contributed by atoms with Crippen LogP contribution >= 0.6 is 0 Å². The predicted octanol–water partition coefficient (Wildman–Crippen LogP) is 3.64. The Balaban J connectivity index is 1.32. The molecule has 0 unspecified atom stereocenters. The van der Waals surface area contributed by atoms with Gasteiger partial charge in [-0.3, -0.25) is 4.68 Å². The fraction of sp³-hybridized carbons (Fsp3) is 0.136. The van der Waals surface area contributed by atoms with Gasteiger partial charge in [-0.15, -0.1) is 0 Å². The molecular formula is C22H20N4O2. The summed E-state index contributed by atoms with van der Waals surface area (Å²) in [4.78, 5) is 16.4. The van der Waals surface area contributed by atoms with Gasteiger partial charge in [0.15, 0.2) is 0 Å². The van der Waals surface area contributed by atoms with E-state index in [1.54, 1.807) is 12.3 Å². The molecule has 28 heavy (non-hydrogen) atoms.